The maximum atomic E-state index is 3.94. The van der Waals surface area contributed by atoms with Crippen molar-refractivity contribution in [2.45, 2.75) is 100 Å². The first-order chi connectivity index (χ1) is 10.7. The third-order valence-electron chi connectivity index (χ3n) is 3.98. The van der Waals surface area contributed by atoms with Crippen molar-refractivity contribution in [1.82, 2.24) is 0 Å². The quantitative estimate of drug-likeness (QED) is 0.250. The number of rotatable bonds is 14. The second kappa shape index (κ2) is 21.6. The van der Waals surface area contributed by atoms with E-state index in [1.807, 2.05) is 0 Å². The third-order valence-corrected chi connectivity index (χ3v) is 14.8. The molecule has 2 radical (unpaired) electrons. The van der Waals surface area contributed by atoms with Crippen LogP contribution in [0.1, 0.15) is 79.1 Å². The van der Waals surface area contributed by atoms with Gasteiger partial charge in [0, 0.05) is 0 Å². The number of hydrogen-bond donors (Lipinski definition) is 0. The number of unbranched alkanes of at least 4 members (excludes halogenated alkanes) is 4. The molecule has 22 heavy (non-hydrogen) atoms. The van der Waals surface area contributed by atoms with Gasteiger partial charge >= 0.3 is 152 Å². The zero-order chi connectivity index (χ0) is 17.1. The first-order valence-electron chi connectivity index (χ1n) is 9.64. The Hall–Kier alpha value is 0.566. The molecule has 0 aliphatic heterocycles. The van der Waals surface area contributed by atoms with Crippen molar-refractivity contribution in [3.63, 3.8) is 0 Å². The summed E-state index contributed by atoms with van der Waals surface area (Å²) in [7, 11) is 0. The molecule has 0 rings (SSSR count). The molecular weight excluding hydrogens is 385 g/mol. The summed E-state index contributed by atoms with van der Waals surface area (Å²) in [5, 5.41) is 6.06. The van der Waals surface area contributed by atoms with E-state index in [0.717, 1.165) is 0 Å². The molecule has 0 aromatic carbocycles. The molecular formula is C20H42Ge2. The zero-order valence-corrected chi connectivity index (χ0v) is 20.3. The van der Waals surface area contributed by atoms with Crippen molar-refractivity contribution in [1.29, 1.82) is 0 Å². The molecule has 0 saturated heterocycles. The molecule has 0 heterocycles. The van der Waals surface area contributed by atoms with Gasteiger partial charge < -0.3 is 0 Å². The molecule has 0 aliphatic rings. The van der Waals surface area contributed by atoms with E-state index in [9.17, 15) is 0 Å². The van der Waals surface area contributed by atoms with Crippen LogP contribution in [0.4, 0.5) is 0 Å². The van der Waals surface area contributed by atoms with Crippen LogP contribution in [-0.2, 0) is 0 Å². The summed E-state index contributed by atoms with van der Waals surface area (Å²) in [5.74, 6) is 0. The van der Waals surface area contributed by atoms with Gasteiger partial charge in [-0.15, -0.1) is 0 Å². The molecule has 0 spiro atoms. The van der Waals surface area contributed by atoms with Crippen LogP contribution in [0.25, 0.3) is 0 Å². The molecule has 0 fully saturated rings. The third kappa shape index (κ3) is 18.6. The fourth-order valence-corrected chi connectivity index (χ4v) is 11.8. The van der Waals surface area contributed by atoms with Crippen molar-refractivity contribution < 1.29 is 0 Å². The van der Waals surface area contributed by atoms with Gasteiger partial charge in [-0.25, -0.2) is 0 Å². The van der Waals surface area contributed by atoms with Gasteiger partial charge in [-0.3, -0.25) is 0 Å². The van der Waals surface area contributed by atoms with Gasteiger partial charge in [0.1, 0.15) is 0 Å². The van der Waals surface area contributed by atoms with Crippen molar-refractivity contribution in [2.24, 2.45) is 0 Å². The molecule has 0 aliphatic carbocycles. The Bertz CT molecular complexity index is 186. The van der Waals surface area contributed by atoms with Crippen LogP contribution in [0.15, 0.2) is 23.0 Å². The van der Waals surface area contributed by atoms with E-state index < -0.39 is 28.7 Å². The van der Waals surface area contributed by atoms with Crippen molar-refractivity contribution in [3.05, 3.63) is 23.0 Å². The molecule has 0 atom stereocenters. The van der Waals surface area contributed by atoms with Crippen molar-refractivity contribution in [3.8, 4) is 0 Å². The predicted octanol–water partition coefficient (Wildman–Crippen LogP) is 7.61. The molecule has 0 aromatic heterocycles. The first kappa shape index (κ1) is 24.8. The number of hydrogen-bond acceptors (Lipinski definition) is 0. The van der Waals surface area contributed by atoms with Gasteiger partial charge in [0.25, 0.3) is 0 Å². The Balaban J connectivity index is 0. The maximum absolute atomic E-state index is 3.94. The van der Waals surface area contributed by atoms with E-state index in [2.05, 4.69) is 50.7 Å². The van der Waals surface area contributed by atoms with Gasteiger partial charge in [-0.05, 0) is 0 Å². The monoisotopic (exact) mass is 430 g/mol. The Morgan fingerprint density at radius 1 is 0.545 bits per heavy atom. The van der Waals surface area contributed by atoms with Crippen LogP contribution in [-0.4, -0.2) is 28.7 Å². The topological polar surface area (TPSA) is 0 Å². The van der Waals surface area contributed by atoms with Gasteiger partial charge in [-0.2, -0.15) is 0 Å². The van der Waals surface area contributed by atoms with Crippen molar-refractivity contribution >= 4 is 28.7 Å². The van der Waals surface area contributed by atoms with Crippen LogP contribution in [0, 0.1) is 0 Å². The fraction of sp³-hybridized carbons (Fsp3) is 0.800. The molecule has 130 valence electrons. The molecule has 0 saturated carbocycles. The van der Waals surface area contributed by atoms with Gasteiger partial charge in [0.2, 0.25) is 0 Å². The summed E-state index contributed by atoms with van der Waals surface area (Å²) in [6.07, 6.45) is 11.2. The molecule has 0 N–H and O–H groups in total. The van der Waals surface area contributed by atoms with Gasteiger partial charge in [0.05, 0.1) is 0 Å². The minimum absolute atomic E-state index is 0.739. The summed E-state index contributed by atoms with van der Waals surface area (Å²) in [4.78, 5) is 4.59. The zero-order valence-electron chi connectivity index (χ0n) is 16.1. The standard InChI is InChI=1S/2C10H21Ge/c2*1-4-7-9-11(6-3)10-8-5-2/h2*6H,3-5,7-10H2,1-2H3. The Kier molecular flexibility index (Phi) is 24.3. The predicted molar refractivity (Wildman–Crippen MR) is 111 cm³/mol. The van der Waals surface area contributed by atoms with Crippen LogP contribution >= 0.6 is 0 Å². The average Bonchev–Trinajstić information content (AvgIpc) is 2.56. The molecule has 0 nitrogen and oxygen atoms in total. The molecule has 0 amide bonds. The normalized spacial score (nSPS) is 10.5. The Labute approximate surface area is 151 Å². The van der Waals surface area contributed by atoms with Crippen LogP contribution in [0.5, 0.6) is 0 Å². The van der Waals surface area contributed by atoms with E-state index >= 15 is 0 Å². The molecule has 0 unspecified atom stereocenters. The minimum atomic E-state index is -0.739. The van der Waals surface area contributed by atoms with E-state index in [1.165, 1.54) is 72.4 Å². The molecule has 2 heteroatoms. The first-order valence-corrected chi connectivity index (χ1v) is 18.0. The molecule has 0 aromatic rings. The fourth-order valence-electron chi connectivity index (χ4n) is 2.27. The Morgan fingerprint density at radius 3 is 0.909 bits per heavy atom. The van der Waals surface area contributed by atoms with E-state index in [4.69, 9.17) is 0 Å². The van der Waals surface area contributed by atoms with E-state index in [0.29, 0.717) is 0 Å². The van der Waals surface area contributed by atoms with Gasteiger partial charge in [-0.1, -0.05) is 0 Å². The summed E-state index contributed by atoms with van der Waals surface area (Å²) < 4.78 is 0. The van der Waals surface area contributed by atoms with Gasteiger partial charge in [0.15, 0.2) is 0 Å². The van der Waals surface area contributed by atoms with Crippen LogP contribution in [0.2, 0.25) is 21.0 Å². The SMILES string of the molecule is C=[CH][Ge]([CH2]CCC)[CH2]CCC.C=[CH][Ge]([CH2]CCC)[CH2]CCC. The van der Waals surface area contributed by atoms with E-state index in [1.54, 1.807) is 0 Å². The summed E-state index contributed by atoms with van der Waals surface area (Å²) >= 11 is -1.48. The summed E-state index contributed by atoms with van der Waals surface area (Å²) in [6, 6.07) is 0. The second-order valence-corrected chi connectivity index (χ2v) is 17.6. The van der Waals surface area contributed by atoms with Crippen LogP contribution in [0.3, 0.4) is 0 Å². The summed E-state index contributed by atoms with van der Waals surface area (Å²) in [5.41, 5.74) is 0. The van der Waals surface area contributed by atoms with Crippen molar-refractivity contribution in [2.75, 3.05) is 0 Å². The Morgan fingerprint density at radius 2 is 0.773 bits per heavy atom. The second-order valence-electron chi connectivity index (χ2n) is 6.14. The average molecular weight is 428 g/mol. The molecule has 0 bridgehead atoms. The van der Waals surface area contributed by atoms with Crippen LogP contribution < -0.4 is 0 Å². The van der Waals surface area contributed by atoms with E-state index in [-0.39, 0.29) is 0 Å². The summed E-state index contributed by atoms with van der Waals surface area (Å²) in [6.45, 7) is 17.0.